The summed E-state index contributed by atoms with van der Waals surface area (Å²) in [6, 6.07) is 14.0. The van der Waals surface area contributed by atoms with Crippen molar-refractivity contribution >= 4 is 29.1 Å². The van der Waals surface area contributed by atoms with Crippen molar-refractivity contribution in [3.05, 3.63) is 64.9 Å². The summed E-state index contributed by atoms with van der Waals surface area (Å²) in [6.45, 7) is 1.08. The molecule has 0 spiro atoms. The first kappa shape index (κ1) is 17.4. The zero-order valence-corrected chi connectivity index (χ0v) is 14.3. The number of hydrogen-bond acceptors (Lipinski definition) is 2. The number of piperidine rings is 1. The number of likely N-dealkylation sites (tertiary alicyclic amines) is 1. The summed E-state index contributed by atoms with van der Waals surface area (Å²) in [5, 5.41) is 2.37. The molecule has 2 aromatic rings. The molecule has 1 heterocycles. The monoisotopic (exact) mass is 360 g/mol. The molecule has 0 bridgehead atoms. The molecular formula is C19H18ClFN2O2. The van der Waals surface area contributed by atoms with Gasteiger partial charge in [-0.1, -0.05) is 41.9 Å². The van der Waals surface area contributed by atoms with Crippen molar-refractivity contribution in [1.82, 2.24) is 4.90 Å². The fourth-order valence-corrected chi connectivity index (χ4v) is 3.22. The van der Waals surface area contributed by atoms with Crippen molar-refractivity contribution in [2.75, 3.05) is 18.4 Å². The van der Waals surface area contributed by atoms with Gasteiger partial charge < -0.3 is 10.2 Å². The summed E-state index contributed by atoms with van der Waals surface area (Å²) < 4.78 is 13.1. The molecule has 1 N–H and O–H groups in total. The number of nitrogens with one attached hydrogen (secondary N) is 1. The molecule has 1 saturated heterocycles. The van der Waals surface area contributed by atoms with Crippen LogP contribution in [0.2, 0.25) is 5.02 Å². The number of nitrogens with zero attached hydrogens (tertiary/aromatic N) is 1. The molecule has 130 valence electrons. The number of hydrogen-bond donors (Lipinski definition) is 1. The first-order chi connectivity index (χ1) is 12.0. The van der Waals surface area contributed by atoms with Gasteiger partial charge in [-0.2, -0.15) is 0 Å². The van der Waals surface area contributed by atoms with Crippen LogP contribution in [-0.2, 0) is 9.59 Å². The average Bonchev–Trinajstić information content (AvgIpc) is 2.65. The van der Waals surface area contributed by atoms with E-state index in [9.17, 15) is 14.0 Å². The van der Waals surface area contributed by atoms with E-state index in [0.29, 0.717) is 24.7 Å². The van der Waals surface area contributed by atoms with Crippen molar-refractivity contribution in [2.45, 2.75) is 18.8 Å². The maximum Gasteiger partial charge on any atom is 0.313 e. The van der Waals surface area contributed by atoms with Crippen molar-refractivity contribution in [1.29, 1.82) is 0 Å². The van der Waals surface area contributed by atoms with Crippen molar-refractivity contribution in [3.8, 4) is 0 Å². The molecule has 2 amide bonds. The van der Waals surface area contributed by atoms with Crippen LogP contribution in [0, 0.1) is 5.82 Å². The zero-order valence-electron chi connectivity index (χ0n) is 13.5. The topological polar surface area (TPSA) is 49.4 Å². The molecule has 6 heteroatoms. The van der Waals surface area contributed by atoms with Gasteiger partial charge in [0.1, 0.15) is 5.82 Å². The van der Waals surface area contributed by atoms with Crippen LogP contribution >= 0.6 is 11.6 Å². The summed E-state index contributed by atoms with van der Waals surface area (Å²) in [6.07, 6.45) is 1.65. The summed E-state index contributed by atoms with van der Waals surface area (Å²) >= 11 is 5.68. The zero-order chi connectivity index (χ0) is 17.8. The minimum Gasteiger partial charge on any atom is -0.334 e. The van der Waals surface area contributed by atoms with E-state index in [1.807, 2.05) is 18.2 Å². The third-order valence-electron chi connectivity index (χ3n) is 4.42. The number of carbonyl (C=O) groups is 2. The highest BCUT2D eigenvalue weighted by Gasteiger charge is 2.27. The van der Waals surface area contributed by atoms with Crippen LogP contribution < -0.4 is 5.32 Å². The summed E-state index contributed by atoms with van der Waals surface area (Å²) in [5.41, 5.74) is 1.56. The lowest BCUT2D eigenvalue weighted by Crippen LogP contribution is -2.43. The quantitative estimate of drug-likeness (QED) is 0.827. The summed E-state index contributed by atoms with van der Waals surface area (Å²) in [5.74, 6) is -1.48. The number of carbonyl (C=O) groups excluding carboxylic acids is 2. The maximum atomic E-state index is 13.1. The lowest BCUT2D eigenvalue weighted by atomic mass is 9.89. The minimum atomic E-state index is -0.735. The van der Waals surface area contributed by atoms with E-state index in [0.717, 1.165) is 18.9 Å². The molecule has 0 atom stereocenters. The van der Waals surface area contributed by atoms with Crippen LogP contribution in [0.4, 0.5) is 10.1 Å². The third kappa shape index (κ3) is 4.17. The maximum absolute atomic E-state index is 13.1. The first-order valence-corrected chi connectivity index (χ1v) is 8.52. The highest BCUT2D eigenvalue weighted by molar-refractivity contribution is 6.39. The normalized spacial score (nSPS) is 15.0. The van der Waals surface area contributed by atoms with Gasteiger partial charge in [-0.05, 0) is 42.5 Å². The van der Waals surface area contributed by atoms with E-state index in [2.05, 4.69) is 17.4 Å². The Labute approximate surface area is 150 Å². The molecule has 0 unspecified atom stereocenters. The number of halogens is 2. The lowest BCUT2D eigenvalue weighted by molar-refractivity contribution is -0.143. The van der Waals surface area contributed by atoms with Gasteiger partial charge in [0.15, 0.2) is 0 Å². The minimum absolute atomic E-state index is 0.103. The molecule has 0 aromatic heterocycles. The fraction of sp³-hybridized carbons (Fsp3) is 0.263. The summed E-state index contributed by atoms with van der Waals surface area (Å²) in [4.78, 5) is 26.0. The van der Waals surface area contributed by atoms with E-state index in [1.54, 1.807) is 4.90 Å². The Morgan fingerprint density at radius 2 is 1.76 bits per heavy atom. The number of benzene rings is 2. The van der Waals surface area contributed by atoms with Gasteiger partial charge >= 0.3 is 11.8 Å². The molecule has 1 aliphatic heterocycles. The Morgan fingerprint density at radius 1 is 1.08 bits per heavy atom. The van der Waals surface area contributed by atoms with Crippen LogP contribution in [0.1, 0.15) is 24.3 Å². The molecule has 0 saturated carbocycles. The van der Waals surface area contributed by atoms with Gasteiger partial charge in [0.05, 0.1) is 5.02 Å². The van der Waals surface area contributed by atoms with Crippen molar-refractivity contribution in [3.63, 3.8) is 0 Å². The second-order valence-corrected chi connectivity index (χ2v) is 6.47. The average molecular weight is 361 g/mol. The lowest BCUT2D eigenvalue weighted by Gasteiger charge is -2.31. The Bertz CT molecular complexity index is 774. The standard InChI is InChI=1S/C19H18ClFN2O2/c20-16-12-15(6-7-17(16)21)22-18(24)19(25)23-10-8-14(9-11-23)13-4-2-1-3-5-13/h1-7,12,14H,8-11H2,(H,22,24). The highest BCUT2D eigenvalue weighted by atomic mass is 35.5. The number of amides is 2. The van der Waals surface area contributed by atoms with E-state index in [4.69, 9.17) is 11.6 Å². The Balaban J connectivity index is 1.56. The highest BCUT2D eigenvalue weighted by Crippen LogP contribution is 2.28. The van der Waals surface area contributed by atoms with Gasteiger partial charge in [-0.15, -0.1) is 0 Å². The Kier molecular flexibility index (Phi) is 5.34. The van der Waals surface area contributed by atoms with Crippen LogP contribution in [0.15, 0.2) is 48.5 Å². The smallest absolute Gasteiger partial charge is 0.313 e. The Morgan fingerprint density at radius 3 is 2.40 bits per heavy atom. The first-order valence-electron chi connectivity index (χ1n) is 8.15. The van der Waals surface area contributed by atoms with Crippen LogP contribution in [-0.4, -0.2) is 29.8 Å². The third-order valence-corrected chi connectivity index (χ3v) is 4.71. The van der Waals surface area contributed by atoms with E-state index in [1.165, 1.54) is 17.7 Å². The number of rotatable bonds is 2. The second-order valence-electron chi connectivity index (χ2n) is 6.06. The van der Waals surface area contributed by atoms with Crippen LogP contribution in [0.25, 0.3) is 0 Å². The van der Waals surface area contributed by atoms with E-state index < -0.39 is 17.6 Å². The van der Waals surface area contributed by atoms with E-state index in [-0.39, 0.29) is 5.02 Å². The molecule has 2 aromatic carbocycles. The van der Waals surface area contributed by atoms with Gasteiger partial charge in [0, 0.05) is 18.8 Å². The van der Waals surface area contributed by atoms with Crippen LogP contribution in [0.3, 0.4) is 0 Å². The molecule has 1 aliphatic rings. The molecular weight excluding hydrogens is 343 g/mol. The van der Waals surface area contributed by atoms with Crippen LogP contribution in [0.5, 0.6) is 0 Å². The largest absolute Gasteiger partial charge is 0.334 e. The predicted octanol–water partition coefficient (Wildman–Crippen LogP) is 3.82. The number of anilines is 1. The molecule has 0 aliphatic carbocycles. The molecule has 4 nitrogen and oxygen atoms in total. The predicted molar refractivity (Wildman–Crippen MR) is 95.0 cm³/mol. The van der Waals surface area contributed by atoms with Crippen molar-refractivity contribution in [2.24, 2.45) is 0 Å². The van der Waals surface area contributed by atoms with Gasteiger partial charge in [0.25, 0.3) is 0 Å². The van der Waals surface area contributed by atoms with Gasteiger partial charge in [-0.25, -0.2) is 4.39 Å². The molecule has 25 heavy (non-hydrogen) atoms. The fourth-order valence-electron chi connectivity index (χ4n) is 3.04. The Hall–Kier alpha value is -2.40. The molecule has 1 fully saturated rings. The SMILES string of the molecule is O=C(Nc1ccc(F)c(Cl)c1)C(=O)N1CCC(c2ccccc2)CC1. The van der Waals surface area contributed by atoms with Crippen molar-refractivity contribution < 1.29 is 14.0 Å². The van der Waals surface area contributed by atoms with E-state index >= 15 is 0 Å². The van der Waals surface area contributed by atoms with Gasteiger partial charge in [0.2, 0.25) is 0 Å². The second kappa shape index (κ2) is 7.66. The van der Waals surface area contributed by atoms with Gasteiger partial charge in [-0.3, -0.25) is 9.59 Å². The molecule has 0 radical (unpaired) electrons. The summed E-state index contributed by atoms with van der Waals surface area (Å²) in [7, 11) is 0. The molecule has 3 rings (SSSR count).